The summed E-state index contributed by atoms with van der Waals surface area (Å²) in [6.45, 7) is 9.00. The highest BCUT2D eigenvalue weighted by molar-refractivity contribution is 7.18. The van der Waals surface area contributed by atoms with Gasteiger partial charge in [-0.15, -0.1) is 21.5 Å². The Morgan fingerprint density at radius 1 is 1.18 bits per heavy atom. The van der Waals surface area contributed by atoms with Gasteiger partial charge in [0, 0.05) is 4.88 Å². The molecule has 5 nitrogen and oxygen atoms in total. The van der Waals surface area contributed by atoms with Crippen LogP contribution in [-0.2, 0) is 12.8 Å². The maximum absolute atomic E-state index is 13.6. The molecule has 1 atom stereocenters. The first-order valence-corrected chi connectivity index (χ1v) is 10.6. The van der Waals surface area contributed by atoms with E-state index in [2.05, 4.69) is 31.0 Å². The first-order chi connectivity index (χ1) is 13.3. The van der Waals surface area contributed by atoms with Crippen molar-refractivity contribution in [1.82, 2.24) is 19.2 Å². The molecule has 5 rings (SSSR count). The van der Waals surface area contributed by atoms with Crippen LogP contribution in [0.15, 0.2) is 35.4 Å². The Kier molecular flexibility index (Phi) is 3.78. The smallest absolute Gasteiger partial charge is 0.268 e. The first-order valence-electron chi connectivity index (χ1n) is 9.80. The summed E-state index contributed by atoms with van der Waals surface area (Å²) < 4.78 is 3.68. The summed E-state index contributed by atoms with van der Waals surface area (Å²) in [5, 5.41) is 9.24. The zero-order valence-electron chi connectivity index (χ0n) is 16.7. The number of hydrogen-bond acceptors (Lipinski definition) is 4. The lowest BCUT2D eigenvalue weighted by molar-refractivity contribution is 0.218. The normalized spacial score (nSPS) is 17.4. The van der Waals surface area contributed by atoms with Crippen LogP contribution in [0.3, 0.4) is 0 Å². The molecule has 0 radical (unpaired) electrons. The number of rotatable bonds is 1. The minimum Gasteiger partial charge on any atom is -0.268 e. The molecule has 0 saturated heterocycles. The van der Waals surface area contributed by atoms with Crippen LogP contribution in [0, 0.1) is 18.3 Å². The Balaban J connectivity index is 1.80. The third-order valence-corrected chi connectivity index (χ3v) is 7.38. The Morgan fingerprint density at radius 3 is 2.64 bits per heavy atom. The van der Waals surface area contributed by atoms with E-state index in [9.17, 15) is 4.79 Å². The van der Waals surface area contributed by atoms with Crippen LogP contribution < -0.4 is 5.56 Å². The average molecular weight is 393 g/mol. The van der Waals surface area contributed by atoms with Crippen molar-refractivity contribution in [2.45, 2.75) is 47.0 Å². The summed E-state index contributed by atoms with van der Waals surface area (Å²) in [6.07, 6.45) is 4.87. The summed E-state index contributed by atoms with van der Waals surface area (Å²) >= 11 is 1.74. The van der Waals surface area contributed by atoms with Gasteiger partial charge in [0.25, 0.3) is 5.56 Å². The van der Waals surface area contributed by atoms with Gasteiger partial charge in [-0.1, -0.05) is 38.5 Å². The number of hydrogen-bond donors (Lipinski definition) is 0. The summed E-state index contributed by atoms with van der Waals surface area (Å²) in [5.74, 6) is 1.22. The predicted octanol–water partition coefficient (Wildman–Crippen LogP) is 4.55. The molecule has 0 fully saturated rings. The first kappa shape index (κ1) is 17.6. The fourth-order valence-electron chi connectivity index (χ4n) is 4.35. The molecule has 4 aromatic rings. The fourth-order valence-corrected chi connectivity index (χ4v) is 5.74. The molecular formula is C22H24N4OS. The average Bonchev–Trinajstić information content (AvgIpc) is 3.26. The molecule has 0 amide bonds. The van der Waals surface area contributed by atoms with Crippen molar-refractivity contribution < 1.29 is 0 Å². The fraction of sp³-hybridized carbons (Fsp3) is 0.409. The second kappa shape index (κ2) is 6.01. The van der Waals surface area contributed by atoms with E-state index in [-0.39, 0.29) is 11.0 Å². The third kappa shape index (κ3) is 2.54. The third-order valence-electron chi connectivity index (χ3n) is 6.13. The molecule has 1 aliphatic rings. The van der Waals surface area contributed by atoms with E-state index >= 15 is 0 Å². The molecule has 3 heterocycles. The van der Waals surface area contributed by atoms with Gasteiger partial charge in [-0.25, -0.2) is 4.57 Å². The van der Waals surface area contributed by atoms with Crippen molar-refractivity contribution in [3.8, 4) is 5.69 Å². The quantitative estimate of drug-likeness (QED) is 0.477. The standard InChI is InChI=1S/C22H24N4OS/c1-13-5-8-15(9-6-13)26-19(27)18-16-10-7-14(22(2,3)4)11-17(16)28-20(18)25-12-23-24-21(25)26/h5-6,8-9,12,14H,7,10-11H2,1-4H3. The summed E-state index contributed by atoms with van der Waals surface area (Å²) in [6, 6.07) is 8.00. The second-order valence-corrected chi connectivity index (χ2v) is 10.1. The largest absolute Gasteiger partial charge is 0.268 e. The highest BCUT2D eigenvalue weighted by atomic mass is 32.1. The molecule has 144 valence electrons. The number of fused-ring (bicyclic) bond motifs is 5. The van der Waals surface area contributed by atoms with Crippen molar-refractivity contribution in [2.24, 2.45) is 11.3 Å². The van der Waals surface area contributed by atoms with Gasteiger partial charge in [-0.05, 0) is 55.2 Å². The molecule has 1 unspecified atom stereocenters. The van der Waals surface area contributed by atoms with E-state index < -0.39 is 0 Å². The minimum atomic E-state index is 0.0195. The van der Waals surface area contributed by atoms with Crippen LogP contribution in [0.25, 0.3) is 21.7 Å². The van der Waals surface area contributed by atoms with E-state index in [1.165, 1.54) is 10.4 Å². The van der Waals surface area contributed by atoms with Gasteiger partial charge in [-0.2, -0.15) is 0 Å². The highest BCUT2D eigenvalue weighted by Gasteiger charge is 2.32. The molecule has 3 aromatic heterocycles. The van der Waals surface area contributed by atoms with E-state index in [0.717, 1.165) is 40.7 Å². The van der Waals surface area contributed by atoms with Gasteiger partial charge in [0.15, 0.2) is 0 Å². The predicted molar refractivity (Wildman–Crippen MR) is 114 cm³/mol. The lowest BCUT2D eigenvalue weighted by Crippen LogP contribution is -2.27. The Bertz CT molecular complexity index is 1250. The molecule has 1 aliphatic carbocycles. The van der Waals surface area contributed by atoms with E-state index in [1.54, 1.807) is 22.2 Å². The molecular weight excluding hydrogens is 368 g/mol. The summed E-state index contributed by atoms with van der Waals surface area (Å²) in [4.78, 5) is 16.0. The van der Waals surface area contributed by atoms with Gasteiger partial charge in [0.05, 0.1) is 11.1 Å². The zero-order chi connectivity index (χ0) is 19.6. The number of benzene rings is 1. The van der Waals surface area contributed by atoms with Crippen molar-refractivity contribution in [3.63, 3.8) is 0 Å². The molecule has 1 aromatic carbocycles. The molecule has 0 bridgehead atoms. The highest BCUT2D eigenvalue weighted by Crippen LogP contribution is 2.42. The molecule has 28 heavy (non-hydrogen) atoms. The lowest BCUT2D eigenvalue weighted by atomic mass is 9.72. The van der Waals surface area contributed by atoms with Crippen molar-refractivity contribution in [2.75, 3.05) is 0 Å². The molecule has 0 aliphatic heterocycles. The Labute approximate surface area is 167 Å². The second-order valence-electron chi connectivity index (χ2n) is 8.97. The maximum Gasteiger partial charge on any atom is 0.268 e. The van der Waals surface area contributed by atoms with Gasteiger partial charge in [-0.3, -0.25) is 9.20 Å². The summed E-state index contributed by atoms with van der Waals surface area (Å²) in [7, 11) is 0. The summed E-state index contributed by atoms with van der Waals surface area (Å²) in [5.41, 5.74) is 3.53. The molecule has 0 spiro atoms. The monoisotopic (exact) mass is 392 g/mol. The van der Waals surface area contributed by atoms with Crippen LogP contribution in [-0.4, -0.2) is 19.2 Å². The topological polar surface area (TPSA) is 52.2 Å². The van der Waals surface area contributed by atoms with E-state index in [4.69, 9.17) is 0 Å². The maximum atomic E-state index is 13.6. The number of nitrogens with zero attached hydrogens (tertiary/aromatic N) is 4. The van der Waals surface area contributed by atoms with Crippen LogP contribution in [0.2, 0.25) is 0 Å². The van der Waals surface area contributed by atoms with Crippen LogP contribution in [0.5, 0.6) is 0 Å². The Hall–Kier alpha value is -2.47. The van der Waals surface area contributed by atoms with Crippen LogP contribution in [0.1, 0.15) is 43.2 Å². The van der Waals surface area contributed by atoms with Gasteiger partial charge < -0.3 is 0 Å². The van der Waals surface area contributed by atoms with E-state index in [1.807, 2.05) is 35.6 Å². The molecule has 0 N–H and O–H groups in total. The Morgan fingerprint density at radius 2 is 1.93 bits per heavy atom. The van der Waals surface area contributed by atoms with E-state index in [0.29, 0.717) is 11.7 Å². The van der Waals surface area contributed by atoms with Crippen molar-refractivity contribution in [3.05, 3.63) is 57.0 Å². The van der Waals surface area contributed by atoms with Gasteiger partial charge in [0.2, 0.25) is 5.78 Å². The van der Waals surface area contributed by atoms with Crippen molar-refractivity contribution >= 4 is 27.3 Å². The molecule has 6 heteroatoms. The van der Waals surface area contributed by atoms with Crippen LogP contribution >= 0.6 is 11.3 Å². The van der Waals surface area contributed by atoms with Crippen molar-refractivity contribution in [1.29, 1.82) is 0 Å². The number of aryl methyl sites for hydroxylation is 2. The van der Waals surface area contributed by atoms with Crippen LogP contribution in [0.4, 0.5) is 0 Å². The SMILES string of the molecule is Cc1ccc(-n2c(=O)c3c4c(sc3n3cnnc23)CC(C(C)(C)C)CC4)cc1. The van der Waals surface area contributed by atoms with Gasteiger partial charge >= 0.3 is 0 Å². The lowest BCUT2D eigenvalue weighted by Gasteiger charge is -2.33. The van der Waals surface area contributed by atoms with Gasteiger partial charge in [0.1, 0.15) is 11.2 Å². The minimum absolute atomic E-state index is 0.0195. The number of aromatic nitrogens is 4. The molecule has 0 saturated carbocycles. The zero-order valence-corrected chi connectivity index (χ0v) is 17.5. The number of thiophene rings is 1.